The van der Waals surface area contributed by atoms with Crippen LogP contribution in [0.4, 0.5) is 0 Å². The molecular formula is C17H25NO2S. The van der Waals surface area contributed by atoms with Gasteiger partial charge in [0, 0.05) is 17.5 Å². The second-order valence-electron chi connectivity index (χ2n) is 7.07. The van der Waals surface area contributed by atoms with Crippen LogP contribution in [0.3, 0.4) is 0 Å². The smallest absolute Gasteiger partial charge is 0.162 e. The highest BCUT2D eigenvalue weighted by molar-refractivity contribution is 7.98. The van der Waals surface area contributed by atoms with Gasteiger partial charge < -0.3 is 14.8 Å². The number of hydrogen-bond acceptors (Lipinski definition) is 4. The van der Waals surface area contributed by atoms with Gasteiger partial charge in [-0.2, -0.15) is 0 Å². The van der Waals surface area contributed by atoms with Crippen molar-refractivity contribution in [1.82, 2.24) is 5.32 Å². The van der Waals surface area contributed by atoms with E-state index in [1.807, 2.05) is 0 Å². The van der Waals surface area contributed by atoms with Crippen molar-refractivity contribution < 1.29 is 9.47 Å². The number of ether oxygens (including phenoxy) is 2. The molecule has 0 saturated heterocycles. The fourth-order valence-corrected chi connectivity index (χ4v) is 3.98. The van der Waals surface area contributed by atoms with E-state index in [-0.39, 0.29) is 0 Å². The molecule has 4 heteroatoms. The molecule has 1 aromatic rings. The van der Waals surface area contributed by atoms with E-state index in [1.165, 1.54) is 10.5 Å². The summed E-state index contributed by atoms with van der Waals surface area (Å²) < 4.78 is 11.4. The maximum atomic E-state index is 5.71. The molecule has 21 heavy (non-hydrogen) atoms. The summed E-state index contributed by atoms with van der Waals surface area (Å²) >= 11 is 1.76. The van der Waals surface area contributed by atoms with Crippen LogP contribution in [0.25, 0.3) is 0 Å². The van der Waals surface area contributed by atoms with Crippen LogP contribution in [-0.4, -0.2) is 25.5 Å². The molecule has 2 aliphatic rings. The number of thioether (sulfide) groups is 1. The average molecular weight is 307 g/mol. The second kappa shape index (κ2) is 5.10. The van der Waals surface area contributed by atoms with Gasteiger partial charge in [-0.05, 0) is 34.8 Å². The van der Waals surface area contributed by atoms with Crippen LogP contribution in [-0.2, 0) is 6.54 Å². The van der Waals surface area contributed by atoms with Gasteiger partial charge in [-0.15, -0.1) is 11.8 Å². The summed E-state index contributed by atoms with van der Waals surface area (Å²) in [6.45, 7) is 11.5. The monoisotopic (exact) mass is 307 g/mol. The van der Waals surface area contributed by atoms with E-state index in [0.717, 1.165) is 18.0 Å². The van der Waals surface area contributed by atoms with E-state index in [1.54, 1.807) is 11.8 Å². The first-order chi connectivity index (χ1) is 9.88. The minimum absolute atomic E-state index is 0.361. The number of nitrogens with one attached hydrogen (secondary N) is 1. The Kier molecular flexibility index (Phi) is 3.65. The third-order valence-electron chi connectivity index (χ3n) is 5.46. The fraction of sp³-hybridized carbons (Fsp3) is 0.647. The van der Waals surface area contributed by atoms with Crippen molar-refractivity contribution in [3.63, 3.8) is 0 Å². The number of rotatable bonds is 4. The molecule has 1 N–H and O–H groups in total. The Morgan fingerprint density at radius 3 is 2.19 bits per heavy atom. The van der Waals surface area contributed by atoms with Gasteiger partial charge in [0.15, 0.2) is 11.5 Å². The van der Waals surface area contributed by atoms with Crippen molar-refractivity contribution in [1.29, 1.82) is 0 Å². The fourth-order valence-electron chi connectivity index (χ4n) is 3.36. The molecule has 1 saturated carbocycles. The van der Waals surface area contributed by atoms with Crippen LogP contribution in [0.5, 0.6) is 11.5 Å². The molecule has 3 nitrogen and oxygen atoms in total. The van der Waals surface area contributed by atoms with Crippen LogP contribution in [0, 0.1) is 10.8 Å². The lowest BCUT2D eigenvalue weighted by molar-refractivity contribution is 0.171. The molecule has 116 valence electrons. The van der Waals surface area contributed by atoms with Crippen LogP contribution >= 0.6 is 11.8 Å². The first kappa shape index (κ1) is 15.0. The predicted octanol–water partition coefficient (Wildman–Crippen LogP) is 3.70. The molecule has 0 bridgehead atoms. The van der Waals surface area contributed by atoms with Gasteiger partial charge in [-0.3, -0.25) is 0 Å². The van der Waals surface area contributed by atoms with E-state index in [2.05, 4.69) is 51.4 Å². The molecule has 0 aromatic heterocycles. The highest BCUT2D eigenvalue weighted by Crippen LogP contribution is 2.62. The van der Waals surface area contributed by atoms with Gasteiger partial charge in [0.2, 0.25) is 0 Å². The molecule has 0 unspecified atom stereocenters. The quantitative estimate of drug-likeness (QED) is 0.859. The van der Waals surface area contributed by atoms with Crippen molar-refractivity contribution in [2.24, 2.45) is 10.8 Å². The second-order valence-corrected chi connectivity index (χ2v) is 7.91. The van der Waals surface area contributed by atoms with Crippen molar-refractivity contribution in [3.05, 3.63) is 17.7 Å². The van der Waals surface area contributed by atoms with Gasteiger partial charge >= 0.3 is 0 Å². The largest absolute Gasteiger partial charge is 0.486 e. The first-order valence-electron chi connectivity index (χ1n) is 7.58. The molecule has 1 aromatic carbocycles. The topological polar surface area (TPSA) is 30.5 Å². The zero-order valence-electron chi connectivity index (χ0n) is 13.6. The summed E-state index contributed by atoms with van der Waals surface area (Å²) in [5.41, 5.74) is 2.02. The van der Waals surface area contributed by atoms with E-state index < -0.39 is 0 Å². The Bertz CT molecular complexity index is 540. The summed E-state index contributed by atoms with van der Waals surface area (Å²) in [4.78, 5) is 1.27. The average Bonchev–Trinajstić information content (AvgIpc) is 2.85. The molecule has 3 rings (SSSR count). The third-order valence-corrected chi connectivity index (χ3v) is 6.28. The van der Waals surface area contributed by atoms with Crippen molar-refractivity contribution in [2.75, 3.05) is 19.5 Å². The van der Waals surface area contributed by atoms with E-state index in [4.69, 9.17) is 9.47 Å². The van der Waals surface area contributed by atoms with Gasteiger partial charge in [0.05, 0.1) is 0 Å². The molecule has 0 amide bonds. The predicted molar refractivity (Wildman–Crippen MR) is 87.4 cm³/mol. The summed E-state index contributed by atoms with van der Waals surface area (Å²) in [5.74, 6) is 1.76. The third kappa shape index (κ3) is 2.42. The number of hydrogen-bond donors (Lipinski definition) is 1. The van der Waals surface area contributed by atoms with E-state index in [9.17, 15) is 0 Å². The van der Waals surface area contributed by atoms with Crippen LogP contribution in [0.15, 0.2) is 17.0 Å². The molecule has 1 aliphatic heterocycles. The maximum Gasteiger partial charge on any atom is 0.162 e. The standard InChI is InChI=1S/C17H25NO2S/c1-16(2)15(17(16,3)4)18-10-11-8-12-13(9-14(11)21-5)20-7-6-19-12/h8-9,15,18H,6-7,10H2,1-5H3. The summed E-state index contributed by atoms with van der Waals surface area (Å²) in [7, 11) is 0. The molecule has 1 fully saturated rings. The van der Waals surface area contributed by atoms with Crippen LogP contribution in [0.1, 0.15) is 33.3 Å². The molecular weight excluding hydrogens is 282 g/mol. The van der Waals surface area contributed by atoms with E-state index in [0.29, 0.717) is 30.1 Å². The Morgan fingerprint density at radius 1 is 1.10 bits per heavy atom. The lowest BCUT2D eigenvalue weighted by Gasteiger charge is -2.21. The van der Waals surface area contributed by atoms with Gasteiger partial charge in [-0.1, -0.05) is 27.7 Å². The summed E-state index contributed by atoms with van der Waals surface area (Å²) in [5, 5.41) is 3.73. The number of benzene rings is 1. The normalized spacial score (nSPS) is 22.1. The SMILES string of the molecule is CSc1cc2c(cc1CNC1C(C)(C)C1(C)C)OCCO2. The van der Waals surface area contributed by atoms with Crippen molar-refractivity contribution >= 4 is 11.8 Å². The molecule has 1 aliphatic carbocycles. The number of fused-ring (bicyclic) bond motifs is 1. The molecule has 0 atom stereocenters. The lowest BCUT2D eigenvalue weighted by Crippen LogP contribution is -2.22. The van der Waals surface area contributed by atoms with Crippen LogP contribution < -0.4 is 14.8 Å². The summed E-state index contributed by atoms with van der Waals surface area (Å²) in [6.07, 6.45) is 2.11. The Labute approximate surface area is 131 Å². The minimum atomic E-state index is 0.361. The van der Waals surface area contributed by atoms with Gasteiger partial charge in [0.1, 0.15) is 13.2 Å². The lowest BCUT2D eigenvalue weighted by atomic mass is 10.0. The van der Waals surface area contributed by atoms with Crippen molar-refractivity contribution in [3.8, 4) is 11.5 Å². The highest BCUT2D eigenvalue weighted by Gasteiger charge is 2.64. The maximum absolute atomic E-state index is 5.71. The van der Waals surface area contributed by atoms with E-state index >= 15 is 0 Å². The minimum Gasteiger partial charge on any atom is -0.486 e. The highest BCUT2D eigenvalue weighted by atomic mass is 32.2. The van der Waals surface area contributed by atoms with Crippen molar-refractivity contribution in [2.45, 2.75) is 45.2 Å². The Hall–Kier alpha value is -0.870. The molecule has 0 radical (unpaired) electrons. The Morgan fingerprint density at radius 2 is 1.67 bits per heavy atom. The summed E-state index contributed by atoms with van der Waals surface area (Å²) in [6, 6.07) is 4.81. The molecule has 1 heterocycles. The zero-order valence-corrected chi connectivity index (χ0v) is 14.4. The Balaban J connectivity index is 1.76. The molecule has 0 spiro atoms. The van der Waals surface area contributed by atoms with Gasteiger partial charge in [-0.25, -0.2) is 0 Å². The first-order valence-corrected chi connectivity index (χ1v) is 8.80. The van der Waals surface area contributed by atoms with Gasteiger partial charge in [0.25, 0.3) is 0 Å². The zero-order chi connectivity index (χ0) is 15.3. The van der Waals surface area contributed by atoms with Crippen LogP contribution in [0.2, 0.25) is 0 Å².